The Kier molecular flexibility index (Phi) is 31.9. The number of carbonyl (C=O) groups excluding carboxylic acids is 4. The SMILES string of the molecule is Cc1ccccc1.Cc1ccccc1.Cc1ccccc1.O=C([O-])C1C=CSS1.O=C([O-])C1C=CSS1.O=C([O-])C1C=CSS1.O=C([O-])C1C=CSS1.[Mo+4]. The summed E-state index contributed by atoms with van der Waals surface area (Å²) in [5, 5.41) is 45.3. The summed E-state index contributed by atoms with van der Waals surface area (Å²) in [5.41, 5.74) is 3.97. The first-order valence-electron chi connectivity index (χ1n) is 15.2. The van der Waals surface area contributed by atoms with Gasteiger partial charge in [0.1, 0.15) is 0 Å². The third kappa shape index (κ3) is 27.5. The molecule has 0 spiro atoms. The molecule has 286 valence electrons. The molecule has 4 atom stereocenters. The summed E-state index contributed by atoms with van der Waals surface area (Å²) in [6.07, 6.45) is 6.46. The summed E-state index contributed by atoms with van der Waals surface area (Å²) in [4.78, 5) is 40.0. The molecule has 4 aliphatic rings. The number of aliphatic carboxylic acids is 4. The van der Waals surface area contributed by atoms with E-state index in [2.05, 4.69) is 57.2 Å². The number of carboxylic acids is 4. The fourth-order valence-corrected chi connectivity index (χ4v) is 10.6. The van der Waals surface area contributed by atoms with Gasteiger partial charge in [0.25, 0.3) is 0 Å². The van der Waals surface area contributed by atoms with Crippen molar-refractivity contribution in [2.24, 2.45) is 0 Å². The summed E-state index contributed by atoms with van der Waals surface area (Å²) in [6.45, 7) is 6.25. The molecule has 54 heavy (non-hydrogen) atoms. The van der Waals surface area contributed by atoms with E-state index in [4.69, 9.17) is 0 Å². The quantitative estimate of drug-likeness (QED) is 0.220. The van der Waals surface area contributed by atoms with Gasteiger partial charge in [-0.05, 0) is 42.4 Å². The molecule has 3 aromatic rings. The Bertz CT molecular complexity index is 1400. The van der Waals surface area contributed by atoms with E-state index in [1.54, 1.807) is 45.9 Å². The molecule has 17 heteroatoms. The van der Waals surface area contributed by atoms with Crippen molar-refractivity contribution in [1.29, 1.82) is 0 Å². The number of carbonyl (C=O) groups is 4. The largest absolute Gasteiger partial charge is 4.00 e. The molecule has 4 heterocycles. The van der Waals surface area contributed by atoms with Crippen molar-refractivity contribution in [2.45, 2.75) is 41.8 Å². The van der Waals surface area contributed by atoms with Crippen LogP contribution in [0.15, 0.2) is 137 Å². The van der Waals surface area contributed by atoms with E-state index in [9.17, 15) is 39.6 Å². The summed E-state index contributed by atoms with van der Waals surface area (Å²) in [7, 11) is 10.9. The third-order valence-electron chi connectivity index (χ3n) is 5.62. The van der Waals surface area contributed by atoms with Crippen LogP contribution in [0.4, 0.5) is 0 Å². The zero-order valence-corrected chi connectivity index (χ0v) is 37.6. The summed E-state index contributed by atoms with van der Waals surface area (Å²) < 4.78 is 0. The summed E-state index contributed by atoms with van der Waals surface area (Å²) in [6, 6.07) is 30.8. The smallest absolute Gasteiger partial charge is 0.549 e. The van der Waals surface area contributed by atoms with E-state index in [-0.39, 0.29) is 21.1 Å². The van der Waals surface area contributed by atoms with E-state index in [0.29, 0.717) is 0 Å². The maximum atomic E-state index is 10.0. The fraction of sp³-hybridized carbons (Fsp3) is 0.189. The van der Waals surface area contributed by atoms with E-state index in [1.165, 1.54) is 103 Å². The van der Waals surface area contributed by atoms with Gasteiger partial charge in [-0.2, -0.15) is 0 Å². The molecule has 7 rings (SSSR count). The van der Waals surface area contributed by atoms with Gasteiger partial charge in [0.15, 0.2) is 0 Å². The Labute approximate surface area is 363 Å². The topological polar surface area (TPSA) is 161 Å². The average molecular weight is 961 g/mol. The average Bonchev–Trinajstić information content (AvgIpc) is 4.00. The predicted molar refractivity (Wildman–Crippen MR) is 226 cm³/mol. The van der Waals surface area contributed by atoms with Gasteiger partial charge >= 0.3 is 21.1 Å². The molecule has 0 bridgehead atoms. The second-order valence-electron chi connectivity index (χ2n) is 10.0. The van der Waals surface area contributed by atoms with Gasteiger partial charge in [-0.1, -0.05) is 218 Å². The Hall–Kier alpha value is -2.01. The van der Waals surface area contributed by atoms with Crippen LogP contribution in [0.25, 0.3) is 0 Å². The molecule has 4 unspecified atom stereocenters. The first-order chi connectivity index (χ1) is 25.4. The van der Waals surface area contributed by atoms with Crippen molar-refractivity contribution in [3.05, 3.63) is 154 Å². The van der Waals surface area contributed by atoms with Crippen LogP contribution in [-0.2, 0) is 40.2 Å². The minimum Gasteiger partial charge on any atom is -0.549 e. The van der Waals surface area contributed by atoms with Crippen LogP contribution < -0.4 is 20.4 Å². The molecule has 3 aromatic carbocycles. The van der Waals surface area contributed by atoms with Crippen molar-refractivity contribution < 1.29 is 60.7 Å². The van der Waals surface area contributed by atoms with Crippen LogP contribution in [0, 0.1) is 20.8 Å². The standard InChI is InChI=1S/3C7H8.4C4H4O2S2.Mo/c3*1-7-5-3-2-4-6-7;4*5-4(6)3-1-2-7-8-3;/h3*2-6H,1H3;4*1-3H,(H,5,6);/q;;;;;;;+4/p-4. The summed E-state index contributed by atoms with van der Waals surface area (Å²) >= 11 is 0. The maximum Gasteiger partial charge on any atom is 4.00 e. The molecule has 8 nitrogen and oxygen atoms in total. The number of rotatable bonds is 4. The monoisotopic (exact) mass is 962 g/mol. The second kappa shape index (κ2) is 33.2. The molecule has 0 fully saturated rings. The molecule has 0 N–H and O–H groups in total. The molecule has 0 aromatic heterocycles. The van der Waals surface area contributed by atoms with E-state index < -0.39 is 44.9 Å². The Morgan fingerprint density at radius 1 is 0.389 bits per heavy atom. The van der Waals surface area contributed by atoms with Crippen molar-refractivity contribution in [3.8, 4) is 0 Å². The van der Waals surface area contributed by atoms with E-state index in [0.717, 1.165) is 0 Å². The molecule has 0 saturated carbocycles. The first kappa shape index (κ1) is 52.0. The van der Waals surface area contributed by atoms with Gasteiger partial charge in [0.05, 0.1) is 44.9 Å². The number of aryl methyl sites for hydroxylation is 3. The zero-order valence-electron chi connectivity index (χ0n) is 29.0. The molecule has 0 aliphatic carbocycles. The normalized spacial score (nSPS) is 18.9. The predicted octanol–water partition coefficient (Wildman–Crippen LogP) is 6.04. The minimum atomic E-state index is -1.00. The van der Waals surface area contributed by atoms with Gasteiger partial charge in [-0.3, -0.25) is 0 Å². The molecular formula is C37H36MoO8S8. The Morgan fingerprint density at radius 2 is 0.574 bits per heavy atom. The summed E-state index contributed by atoms with van der Waals surface area (Å²) in [5.74, 6) is -4.01. The van der Waals surface area contributed by atoms with Gasteiger partial charge < -0.3 is 39.6 Å². The van der Waals surface area contributed by atoms with Gasteiger partial charge in [0, 0.05) is 0 Å². The van der Waals surface area contributed by atoms with Crippen LogP contribution in [0.1, 0.15) is 16.7 Å². The molecular weight excluding hydrogens is 925 g/mol. The van der Waals surface area contributed by atoms with Crippen molar-refractivity contribution >= 4 is 110 Å². The molecule has 0 saturated heterocycles. The van der Waals surface area contributed by atoms with E-state index >= 15 is 0 Å². The number of hydrogen-bond acceptors (Lipinski definition) is 16. The van der Waals surface area contributed by atoms with Crippen molar-refractivity contribution in [1.82, 2.24) is 0 Å². The van der Waals surface area contributed by atoms with Gasteiger partial charge in [0.2, 0.25) is 0 Å². The van der Waals surface area contributed by atoms with Crippen molar-refractivity contribution in [3.63, 3.8) is 0 Å². The molecule has 0 radical (unpaired) electrons. The number of carboxylic acid groups (broad SMARTS) is 4. The van der Waals surface area contributed by atoms with Crippen LogP contribution in [0.5, 0.6) is 0 Å². The molecule has 0 amide bonds. The number of benzene rings is 3. The third-order valence-corrected chi connectivity index (χ3v) is 14.5. The zero-order chi connectivity index (χ0) is 39.3. The molecule has 4 aliphatic heterocycles. The Morgan fingerprint density at radius 3 is 0.648 bits per heavy atom. The first-order valence-corrected chi connectivity index (χ1v) is 24.3. The number of hydrogen-bond donors (Lipinski definition) is 0. The van der Waals surface area contributed by atoms with Crippen molar-refractivity contribution in [2.75, 3.05) is 0 Å². The van der Waals surface area contributed by atoms with Gasteiger partial charge in [-0.15, -0.1) is 0 Å². The fourth-order valence-electron chi connectivity index (χ4n) is 2.98. The minimum absolute atomic E-state index is 0. The van der Waals surface area contributed by atoms with Crippen LogP contribution in [0.2, 0.25) is 0 Å². The Balaban J connectivity index is 0.000000606. The van der Waals surface area contributed by atoms with Gasteiger partial charge in [-0.25, -0.2) is 0 Å². The second-order valence-corrected chi connectivity index (χ2v) is 19.3. The van der Waals surface area contributed by atoms with Crippen LogP contribution in [0.3, 0.4) is 0 Å². The van der Waals surface area contributed by atoms with Crippen LogP contribution in [-0.4, -0.2) is 44.9 Å². The van der Waals surface area contributed by atoms with E-state index in [1.807, 2.05) is 54.6 Å². The maximum absolute atomic E-state index is 10.0. The van der Waals surface area contributed by atoms with Crippen LogP contribution >= 0.6 is 86.4 Å².